The maximum absolute atomic E-state index is 12.7. The van der Waals surface area contributed by atoms with Crippen LogP contribution in [-0.4, -0.2) is 18.3 Å². The topological polar surface area (TPSA) is 12.0 Å². The fourth-order valence-corrected chi connectivity index (χ4v) is 2.65. The second-order valence-corrected chi connectivity index (χ2v) is 5.51. The van der Waals surface area contributed by atoms with Crippen molar-refractivity contribution in [3.8, 4) is 0 Å². The highest BCUT2D eigenvalue weighted by molar-refractivity contribution is 5.30. The third-order valence-corrected chi connectivity index (χ3v) is 3.93. The summed E-state index contributed by atoms with van der Waals surface area (Å²) in [6, 6.07) is 4.73. The van der Waals surface area contributed by atoms with Crippen LogP contribution in [0, 0.1) is 13.8 Å². The van der Waals surface area contributed by atoms with Crippen LogP contribution >= 0.6 is 0 Å². The molecule has 1 aliphatic rings. The van der Waals surface area contributed by atoms with Crippen LogP contribution in [0.1, 0.15) is 36.0 Å². The van der Waals surface area contributed by atoms with Crippen molar-refractivity contribution in [1.82, 2.24) is 5.32 Å². The lowest BCUT2D eigenvalue weighted by atomic mass is 9.92. The van der Waals surface area contributed by atoms with E-state index < -0.39 is 12.2 Å². The van der Waals surface area contributed by atoms with Crippen molar-refractivity contribution in [2.24, 2.45) is 0 Å². The highest BCUT2D eigenvalue weighted by Crippen LogP contribution is 2.28. The third kappa shape index (κ3) is 3.72. The molecule has 0 radical (unpaired) electrons. The Morgan fingerprint density at radius 1 is 1.16 bits per heavy atom. The van der Waals surface area contributed by atoms with Crippen molar-refractivity contribution >= 4 is 0 Å². The molecule has 0 aliphatic carbocycles. The lowest BCUT2D eigenvalue weighted by Gasteiger charge is -2.32. The lowest BCUT2D eigenvalue weighted by molar-refractivity contribution is -0.163. The second-order valence-electron chi connectivity index (χ2n) is 5.51. The molecule has 2 rings (SSSR count). The molecule has 0 saturated carbocycles. The molecule has 1 fully saturated rings. The summed E-state index contributed by atoms with van der Waals surface area (Å²) in [6.45, 7) is 4.07. The van der Waals surface area contributed by atoms with Crippen LogP contribution < -0.4 is 5.32 Å². The lowest BCUT2D eigenvalue weighted by Crippen LogP contribution is -2.51. The van der Waals surface area contributed by atoms with Gasteiger partial charge < -0.3 is 5.32 Å². The van der Waals surface area contributed by atoms with Crippen LogP contribution in [0.25, 0.3) is 0 Å². The molecule has 0 aromatic heterocycles. The maximum Gasteiger partial charge on any atom is 0.403 e. The largest absolute Gasteiger partial charge is 0.403 e. The zero-order valence-electron chi connectivity index (χ0n) is 11.3. The van der Waals surface area contributed by atoms with Crippen molar-refractivity contribution in [3.63, 3.8) is 0 Å². The van der Waals surface area contributed by atoms with E-state index in [-0.39, 0.29) is 12.5 Å². The predicted molar refractivity (Wildman–Crippen MR) is 70.2 cm³/mol. The van der Waals surface area contributed by atoms with Crippen molar-refractivity contribution in [3.05, 3.63) is 34.9 Å². The average molecular weight is 271 g/mol. The Morgan fingerprint density at radius 3 is 2.53 bits per heavy atom. The smallest absolute Gasteiger partial charge is 0.303 e. The van der Waals surface area contributed by atoms with E-state index in [9.17, 15) is 13.2 Å². The summed E-state index contributed by atoms with van der Waals surface area (Å²) in [6.07, 6.45) is -1.78. The molecule has 1 aromatic rings. The normalized spacial score (nSPS) is 24.5. The van der Waals surface area contributed by atoms with Gasteiger partial charge in [-0.15, -0.1) is 0 Å². The first-order valence-corrected chi connectivity index (χ1v) is 6.75. The van der Waals surface area contributed by atoms with Crippen LogP contribution in [0.3, 0.4) is 0 Å². The molecule has 1 heterocycles. The van der Waals surface area contributed by atoms with Crippen LogP contribution in [0.15, 0.2) is 18.2 Å². The summed E-state index contributed by atoms with van der Waals surface area (Å²) in [5.74, 6) is 0. The molecule has 2 unspecified atom stereocenters. The monoisotopic (exact) mass is 271 g/mol. The van der Waals surface area contributed by atoms with E-state index in [4.69, 9.17) is 0 Å². The number of benzene rings is 1. The van der Waals surface area contributed by atoms with Crippen molar-refractivity contribution in [2.45, 2.75) is 57.8 Å². The molecule has 1 nitrogen and oxygen atoms in total. The first-order chi connectivity index (χ1) is 8.86. The minimum atomic E-state index is -4.12. The number of halogens is 3. The van der Waals surface area contributed by atoms with E-state index in [1.54, 1.807) is 0 Å². The van der Waals surface area contributed by atoms with Crippen LogP contribution in [0.2, 0.25) is 0 Å². The van der Waals surface area contributed by atoms with Gasteiger partial charge in [0.2, 0.25) is 0 Å². The summed E-state index contributed by atoms with van der Waals surface area (Å²) in [4.78, 5) is 0. The molecule has 106 valence electrons. The summed E-state index contributed by atoms with van der Waals surface area (Å²) in [5.41, 5.74) is 3.53. The molecule has 2 atom stereocenters. The van der Waals surface area contributed by atoms with E-state index >= 15 is 0 Å². The van der Waals surface area contributed by atoms with Gasteiger partial charge in [0.1, 0.15) is 6.04 Å². The molecule has 4 heteroatoms. The summed E-state index contributed by atoms with van der Waals surface area (Å²) < 4.78 is 38.1. The molecule has 1 N–H and O–H groups in total. The molecule has 0 bridgehead atoms. The molecule has 0 spiro atoms. The number of hydrogen-bond donors (Lipinski definition) is 1. The fourth-order valence-electron chi connectivity index (χ4n) is 2.65. The first kappa shape index (κ1) is 14.4. The molecule has 19 heavy (non-hydrogen) atoms. The van der Waals surface area contributed by atoms with Gasteiger partial charge in [-0.2, -0.15) is 13.2 Å². The van der Waals surface area contributed by atoms with Crippen LogP contribution in [0.4, 0.5) is 13.2 Å². The van der Waals surface area contributed by atoms with Crippen molar-refractivity contribution < 1.29 is 13.2 Å². The van der Waals surface area contributed by atoms with Gasteiger partial charge in [0.25, 0.3) is 0 Å². The van der Waals surface area contributed by atoms with Gasteiger partial charge in [-0.3, -0.25) is 0 Å². The van der Waals surface area contributed by atoms with Crippen LogP contribution in [-0.2, 0) is 6.42 Å². The van der Waals surface area contributed by atoms with Gasteiger partial charge in [-0.25, -0.2) is 0 Å². The zero-order valence-corrected chi connectivity index (χ0v) is 11.3. The Morgan fingerprint density at radius 2 is 1.89 bits per heavy atom. The Kier molecular flexibility index (Phi) is 4.19. The molecule has 1 aliphatic heterocycles. The number of hydrogen-bond acceptors (Lipinski definition) is 1. The molecular weight excluding hydrogens is 251 g/mol. The average Bonchev–Trinajstić information content (AvgIpc) is 2.33. The minimum Gasteiger partial charge on any atom is -0.303 e. The van der Waals surface area contributed by atoms with E-state index in [1.807, 2.05) is 26.0 Å². The Labute approximate surface area is 112 Å². The van der Waals surface area contributed by atoms with Crippen LogP contribution in [0.5, 0.6) is 0 Å². The standard InChI is InChI=1S/C15H20F3N/c1-10-6-7-12(8-11(10)2)9-13-4-3-5-14(19-13)15(16,17)18/h6-8,13-14,19H,3-5,9H2,1-2H3. The van der Waals surface area contributed by atoms with E-state index in [0.717, 1.165) is 12.0 Å². The number of nitrogens with one attached hydrogen (secondary N) is 1. The Bertz CT molecular complexity index is 440. The molecule has 0 amide bonds. The van der Waals surface area contributed by atoms with Gasteiger partial charge in [-0.05, 0) is 56.2 Å². The van der Waals surface area contributed by atoms with Gasteiger partial charge >= 0.3 is 6.18 Å². The van der Waals surface area contributed by atoms with Crippen molar-refractivity contribution in [2.75, 3.05) is 0 Å². The summed E-state index contributed by atoms with van der Waals surface area (Å²) in [5, 5.41) is 2.75. The predicted octanol–water partition coefficient (Wildman–Crippen LogP) is 3.92. The SMILES string of the molecule is Cc1ccc(CC2CCCC(C(F)(F)F)N2)cc1C. The fraction of sp³-hybridized carbons (Fsp3) is 0.600. The van der Waals surface area contributed by atoms with E-state index in [0.29, 0.717) is 12.8 Å². The number of piperidine rings is 1. The Balaban J connectivity index is 2.00. The molecule has 1 aromatic carbocycles. The number of rotatable bonds is 2. The molecule has 1 saturated heterocycles. The highest BCUT2D eigenvalue weighted by Gasteiger charge is 2.41. The quantitative estimate of drug-likeness (QED) is 0.859. The first-order valence-electron chi connectivity index (χ1n) is 6.75. The van der Waals surface area contributed by atoms with E-state index in [2.05, 4.69) is 11.4 Å². The summed E-state index contributed by atoms with van der Waals surface area (Å²) in [7, 11) is 0. The van der Waals surface area contributed by atoms with Crippen molar-refractivity contribution in [1.29, 1.82) is 0 Å². The minimum absolute atomic E-state index is 0.0671. The molecular formula is C15H20F3N. The number of alkyl halides is 3. The van der Waals surface area contributed by atoms with Gasteiger partial charge in [-0.1, -0.05) is 18.2 Å². The summed E-state index contributed by atoms with van der Waals surface area (Å²) >= 11 is 0. The third-order valence-electron chi connectivity index (χ3n) is 3.93. The second kappa shape index (κ2) is 5.53. The van der Waals surface area contributed by atoms with Gasteiger partial charge in [0, 0.05) is 6.04 Å². The van der Waals surface area contributed by atoms with Gasteiger partial charge in [0.05, 0.1) is 0 Å². The Hall–Kier alpha value is -1.03. The number of aryl methyl sites for hydroxylation is 2. The van der Waals surface area contributed by atoms with E-state index in [1.165, 1.54) is 11.1 Å². The highest BCUT2D eigenvalue weighted by atomic mass is 19.4. The zero-order chi connectivity index (χ0) is 14.0. The maximum atomic E-state index is 12.7. The van der Waals surface area contributed by atoms with Gasteiger partial charge in [0.15, 0.2) is 0 Å².